The summed E-state index contributed by atoms with van der Waals surface area (Å²) in [6.07, 6.45) is 8.49. The van der Waals surface area contributed by atoms with Crippen LogP contribution in [0.1, 0.15) is 32.6 Å². The number of nitrogens with one attached hydrogen (secondary N) is 1. The van der Waals surface area contributed by atoms with E-state index in [1.807, 2.05) is 4.90 Å². The Morgan fingerprint density at radius 2 is 2.00 bits per heavy atom. The first-order chi connectivity index (χ1) is 11.1. The number of carbonyl (C=O) groups is 2. The van der Waals surface area contributed by atoms with Crippen LogP contribution in [0, 0.1) is 18.3 Å². The highest BCUT2D eigenvalue weighted by molar-refractivity contribution is 5.79. The lowest BCUT2D eigenvalue weighted by Crippen LogP contribution is -2.52. The smallest absolute Gasteiger partial charge is 0.407 e. The third-order valence-electron chi connectivity index (χ3n) is 4.58. The number of ether oxygens (including phenoxy) is 1. The Labute approximate surface area is 138 Å². The van der Waals surface area contributed by atoms with Crippen LogP contribution in [0.3, 0.4) is 0 Å². The summed E-state index contributed by atoms with van der Waals surface area (Å²) in [5.41, 5.74) is 0. The van der Waals surface area contributed by atoms with Crippen LogP contribution in [0.2, 0.25) is 0 Å². The molecular weight excluding hydrogens is 294 g/mol. The molecule has 2 amide bonds. The van der Waals surface area contributed by atoms with E-state index in [0.717, 1.165) is 45.3 Å². The van der Waals surface area contributed by atoms with Gasteiger partial charge in [-0.2, -0.15) is 0 Å². The molecule has 23 heavy (non-hydrogen) atoms. The molecular formula is C17H27N3O3. The van der Waals surface area contributed by atoms with Gasteiger partial charge in [0.05, 0.1) is 13.2 Å². The van der Waals surface area contributed by atoms with Gasteiger partial charge in [0.15, 0.2) is 0 Å². The third kappa shape index (κ3) is 5.14. The van der Waals surface area contributed by atoms with E-state index in [2.05, 4.69) is 16.1 Å². The fourth-order valence-corrected chi connectivity index (χ4v) is 3.36. The van der Waals surface area contributed by atoms with Crippen molar-refractivity contribution in [2.24, 2.45) is 5.92 Å². The molecule has 0 aliphatic carbocycles. The van der Waals surface area contributed by atoms with Gasteiger partial charge in [-0.3, -0.25) is 9.69 Å². The second kappa shape index (κ2) is 8.78. The fraction of sp³-hybridized carbons (Fsp3) is 0.765. The van der Waals surface area contributed by atoms with Crippen LogP contribution in [0.4, 0.5) is 4.79 Å². The molecule has 0 radical (unpaired) electrons. The van der Waals surface area contributed by atoms with E-state index in [9.17, 15) is 9.59 Å². The highest BCUT2D eigenvalue weighted by Gasteiger charge is 2.31. The molecule has 0 spiro atoms. The van der Waals surface area contributed by atoms with Crippen molar-refractivity contribution in [2.75, 3.05) is 39.3 Å². The van der Waals surface area contributed by atoms with E-state index in [1.54, 1.807) is 6.92 Å². The van der Waals surface area contributed by atoms with E-state index in [0.29, 0.717) is 19.7 Å². The number of terminal acetylenes is 1. The molecule has 0 aromatic heterocycles. The molecule has 1 atom stereocenters. The maximum atomic E-state index is 12.7. The van der Waals surface area contributed by atoms with Gasteiger partial charge in [0.2, 0.25) is 5.91 Å². The minimum absolute atomic E-state index is 0.00622. The summed E-state index contributed by atoms with van der Waals surface area (Å²) in [6.45, 7) is 5.95. The first kappa shape index (κ1) is 17.6. The molecule has 128 valence electrons. The van der Waals surface area contributed by atoms with Crippen LogP contribution in [-0.4, -0.2) is 67.2 Å². The van der Waals surface area contributed by atoms with Crippen molar-refractivity contribution in [1.82, 2.24) is 15.1 Å². The molecule has 0 saturated carbocycles. The standard InChI is InChI=1S/C17H27N3O3/c1-3-9-19-11-7-14(8-12-19)16(21)20-10-5-6-15(13-20)18-17(22)23-4-2/h1,14-15H,4-13H2,2H3,(H,18,22). The number of alkyl carbamates (subject to hydrolysis) is 1. The average molecular weight is 321 g/mol. The summed E-state index contributed by atoms with van der Waals surface area (Å²) in [5.74, 6) is 2.97. The van der Waals surface area contributed by atoms with E-state index in [4.69, 9.17) is 11.2 Å². The Bertz CT molecular complexity index is 452. The molecule has 6 heteroatoms. The van der Waals surface area contributed by atoms with E-state index in [-0.39, 0.29) is 17.9 Å². The van der Waals surface area contributed by atoms with Crippen molar-refractivity contribution in [2.45, 2.75) is 38.6 Å². The molecule has 2 fully saturated rings. The number of piperidine rings is 2. The Kier molecular flexibility index (Phi) is 6.72. The Balaban J connectivity index is 1.80. The highest BCUT2D eigenvalue weighted by atomic mass is 16.5. The molecule has 2 saturated heterocycles. The van der Waals surface area contributed by atoms with Gasteiger partial charge in [0, 0.05) is 25.0 Å². The number of hydrogen-bond donors (Lipinski definition) is 1. The topological polar surface area (TPSA) is 61.9 Å². The molecule has 1 N–H and O–H groups in total. The maximum Gasteiger partial charge on any atom is 0.407 e. The van der Waals surface area contributed by atoms with Crippen LogP contribution in [0.5, 0.6) is 0 Å². The molecule has 0 bridgehead atoms. The Hall–Kier alpha value is -1.74. The van der Waals surface area contributed by atoms with Crippen molar-refractivity contribution < 1.29 is 14.3 Å². The van der Waals surface area contributed by atoms with Crippen LogP contribution in [0.15, 0.2) is 0 Å². The minimum atomic E-state index is -0.394. The second-order valence-corrected chi connectivity index (χ2v) is 6.24. The fourth-order valence-electron chi connectivity index (χ4n) is 3.36. The van der Waals surface area contributed by atoms with Gasteiger partial charge in [-0.05, 0) is 45.7 Å². The normalized spacial score (nSPS) is 23.1. The Morgan fingerprint density at radius 1 is 1.26 bits per heavy atom. The monoisotopic (exact) mass is 321 g/mol. The predicted molar refractivity (Wildman–Crippen MR) is 87.8 cm³/mol. The molecule has 2 rings (SSSR count). The van der Waals surface area contributed by atoms with E-state index >= 15 is 0 Å². The molecule has 2 aliphatic heterocycles. The number of rotatable bonds is 4. The minimum Gasteiger partial charge on any atom is -0.450 e. The zero-order chi connectivity index (χ0) is 16.7. The Morgan fingerprint density at radius 3 is 2.65 bits per heavy atom. The van der Waals surface area contributed by atoms with Crippen LogP contribution in [0.25, 0.3) is 0 Å². The number of nitrogens with zero attached hydrogens (tertiary/aromatic N) is 2. The van der Waals surface area contributed by atoms with E-state index in [1.165, 1.54) is 0 Å². The molecule has 2 aliphatic rings. The molecule has 6 nitrogen and oxygen atoms in total. The van der Waals surface area contributed by atoms with Gasteiger partial charge in [0.1, 0.15) is 0 Å². The number of amides is 2. The van der Waals surface area contributed by atoms with Crippen molar-refractivity contribution in [3.8, 4) is 12.3 Å². The number of hydrogen-bond acceptors (Lipinski definition) is 4. The number of carbonyl (C=O) groups excluding carboxylic acids is 2. The lowest BCUT2D eigenvalue weighted by molar-refractivity contribution is -0.138. The summed E-state index contributed by atoms with van der Waals surface area (Å²) < 4.78 is 4.92. The van der Waals surface area contributed by atoms with Gasteiger partial charge in [-0.15, -0.1) is 6.42 Å². The van der Waals surface area contributed by atoms with Crippen LogP contribution < -0.4 is 5.32 Å². The number of likely N-dealkylation sites (tertiary alicyclic amines) is 2. The summed E-state index contributed by atoms with van der Waals surface area (Å²) in [7, 11) is 0. The summed E-state index contributed by atoms with van der Waals surface area (Å²) in [5, 5.41) is 2.85. The van der Waals surface area contributed by atoms with Crippen molar-refractivity contribution in [3.05, 3.63) is 0 Å². The second-order valence-electron chi connectivity index (χ2n) is 6.24. The lowest BCUT2D eigenvalue weighted by atomic mass is 9.94. The third-order valence-corrected chi connectivity index (χ3v) is 4.58. The summed E-state index contributed by atoms with van der Waals surface area (Å²) in [4.78, 5) is 28.3. The van der Waals surface area contributed by atoms with Crippen molar-refractivity contribution in [3.63, 3.8) is 0 Å². The van der Waals surface area contributed by atoms with Crippen LogP contribution >= 0.6 is 0 Å². The zero-order valence-electron chi connectivity index (χ0n) is 13.9. The molecule has 2 heterocycles. The maximum absolute atomic E-state index is 12.7. The first-order valence-electron chi connectivity index (χ1n) is 8.52. The SMILES string of the molecule is C#CCN1CCC(C(=O)N2CCCC(NC(=O)OCC)C2)CC1. The van der Waals surface area contributed by atoms with Gasteiger partial charge in [0.25, 0.3) is 0 Å². The average Bonchev–Trinajstić information content (AvgIpc) is 2.56. The largest absolute Gasteiger partial charge is 0.450 e. The van der Waals surface area contributed by atoms with Crippen LogP contribution in [-0.2, 0) is 9.53 Å². The van der Waals surface area contributed by atoms with Gasteiger partial charge < -0.3 is 15.0 Å². The van der Waals surface area contributed by atoms with E-state index < -0.39 is 6.09 Å². The van der Waals surface area contributed by atoms with Crippen molar-refractivity contribution >= 4 is 12.0 Å². The predicted octanol–water partition coefficient (Wildman–Crippen LogP) is 1.07. The first-order valence-corrected chi connectivity index (χ1v) is 8.52. The quantitative estimate of drug-likeness (QED) is 0.787. The van der Waals surface area contributed by atoms with Gasteiger partial charge >= 0.3 is 6.09 Å². The molecule has 0 aromatic rings. The highest BCUT2D eigenvalue weighted by Crippen LogP contribution is 2.21. The summed E-state index contributed by atoms with van der Waals surface area (Å²) in [6, 6.07) is -0.00622. The lowest BCUT2D eigenvalue weighted by Gasteiger charge is -2.37. The van der Waals surface area contributed by atoms with Gasteiger partial charge in [-0.25, -0.2) is 4.79 Å². The van der Waals surface area contributed by atoms with Crippen molar-refractivity contribution in [1.29, 1.82) is 0 Å². The zero-order valence-corrected chi connectivity index (χ0v) is 13.9. The van der Waals surface area contributed by atoms with Gasteiger partial charge in [-0.1, -0.05) is 5.92 Å². The molecule has 0 aromatic carbocycles. The summed E-state index contributed by atoms with van der Waals surface area (Å²) >= 11 is 0. The molecule has 1 unspecified atom stereocenters.